The molecular weight excluding hydrogens is 266 g/mol. The molecule has 1 saturated carbocycles. The van der Waals surface area contributed by atoms with E-state index in [1.807, 2.05) is 26.0 Å². The zero-order valence-electron chi connectivity index (χ0n) is 12.9. The van der Waals surface area contributed by atoms with E-state index >= 15 is 0 Å². The minimum absolute atomic E-state index is 0.0729. The Morgan fingerprint density at radius 2 is 2.24 bits per heavy atom. The quantitative estimate of drug-likeness (QED) is 0.807. The third-order valence-electron chi connectivity index (χ3n) is 3.82. The van der Waals surface area contributed by atoms with Gasteiger partial charge < -0.3 is 15.4 Å². The summed E-state index contributed by atoms with van der Waals surface area (Å²) in [4.78, 5) is 16.3. The van der Waals surface area contributed by atoms with E-state index in [1.165, 1.54) is 12.8 Å². The molecule has 1 atom stereocenters. The third kappa shape index (κ3) is 4.70. The molecule has 1 aromatic rings. The number of rotatable bonds is 7. The Hall–Kier alpha value is -1.62. The highest BCUT2D eigenvalue weighted by Gasteiger charge is 2.20. The first-order valence-corrected chi connectivity index (χ1v) is 7.81. The van der Waals surface area contributed by atoms with Crippen LogP contribution in [0.15, 0.2) is 18.3 Å². The number of carbonyl (C=O) groups excluding carboxylic acids is 1. The molecule has 1 amide bonds. The van der Waals surface area contributed by atoms with Gasteiger partial charge in [-0.05, 0) is 32.8 Å². The molecule has 116 valence electrons. The highest BCUT2D eigenvalue weighted by atomic mass is 16.5. The number of carbonyl (C=O) groups is 1. The Labute approximate surface area is 126 Å². The smallest absolute Gasteiger partial charge is 0.237 e. The molecule has 0 aliphatic heterocycles. The molecule has 0 radical (unpaired) electrons. The molecule has 0 unspecified atom stereocenters. The topological polar surface area (TPSA) is 63.2 Å². The second-order valence-corrected chi connectivity index (χ2v) is 5.49. The van der Waals surface area contributed by atoms with E-state index in [-0.39, 0.29) is 11.9 Å². The van der Waals surface area contributed by atoms with Crippen LogP contribution in [0.5, 0.6) is 5.88 Å². The highest BCUT2D eigenvalue weighted by Crippen LogP contribution is 2.18. The largest absolute Gasteiger partial charge is 0.478 e. The third-order valence-corrected chi connectivity index (χ3v) is 3.82. The van der Waals surface area contributed by atoms with E-state index in [2.05, 4.69) is 15.6 Å². The summed E-state index contributed by atoms with van der Waals surface area (Å²) in [7, 11) is 0. The van der Waals surface area contributed by atoms with Gasteiger partial charge in [-0.3, -0.25) is 4.79 Å². The lowest BCUT2D eigenvalue weighted by atomic mass is 10.2. The van der Waals surface area contributed by atoms with Crippen molar-refractivity contribution < 1.29 is 9.53 Å². The molecule has 1 heterocycles. The predicted octanol–water partition coefficient (Wildman–Crippen LogP) is 2.02. The first-order valence-electron chi connectivity index (χ1n) is 7.81. The van der Waals surface area contributed by atoms with Gasteiger partial charge in [-0.2, -0.15) is 0 Å². The summed E-state index contributed by atoms with van der Waals surface area (Å²) in [6.07, 6.45) is 6.37. The lowest BCUT2D eigenvalue weighted by Gasteiger charge is -2.18. The highest BCUT2D eigenvalue weighted by molar-refractivity contribution is 5.81. The second kappa shape index (κ2) is 7.98. The van der Waals surface area contributed by atoms with Crippen LogP contribution in [-0.2, 0) is 11.3 Å². The van der Waals surface area contributed by atoms with Gasteiger partial charge in [-0.15, -0.1) is 0 Å². The summed E-state index contributed by atoms with van der Waals surface area (Å²) in [6.45, 7) is 4.98. The fourth-order valence-electron chi connectivity index (χ4n) is 2.58. The lowest BCUT2D eigenvalue weighted by Crippen LogP contribution is -2.45. The van der Waals surface area contributed by atoms with Crippen LogP contribution in [0.2, 0.25) is 0 Å². The van der Waals surface area contributed by atoms with Crippen molar-refractivity contribution in [1.29, 1.82) is 0 Å². The van der Waals surface area contributed by atoms with Crippen LogP contribution in [0, 0.1) is 0 Å². The second-order valence-electron chi connectivity index (χ2n) is 5.49. The molecule has 0 saturated heterocycles. The fraction of sp³-hybridized carbons (Fsp3) is 0.625. The van der Waals surface area contributed by atoms with Crippen molar-refractivity contribution in [3.05, 3.63) is 23.9 Å². The van der Waals surface area contributed by atoms with Crippen LogP contribution in [0.1, 0.15) is 45.1 Å². The van der Waals surface area contributed by atoms with Crippen molar-refractivity contribution >= 4 is 5.91 Å². The van der Waals surface area contributed by atoms with E-state index in [1.54, 1.807) is 6.20 Å². The molecule has 1 aliphatic carbocycles. The van der Waals surface area contributed by atoms with Crippen molar-refractivity contribution in [3.8, 4) is 5.88 Å². The number of aromatic nitrogens is 1. The van der Waals surface area contributed by atoms with Crippen LogP contribution in [0.25, 0.3) is 0 Å². The van der Waals surface area contributed by atoms with Gasteiger partial charge in [0.15, 0.2) is 0 Å². The van der Waals surface area contributed by atoms with Crippen molar-refractivity contribution in [2.24, 2.45) is 0 Å². The zero-order chi connectivity index (χ0) is 15.1. The molecule has 1 aromatic heterocycles. The normalized spacial score (nSPS) is 16.7. The minimum atomic E-state index is -0.222. The Kier molecular flexibility index (Phi) is 5.99. The molecule has 21 heavy (non-hydrogen) atoms. The van der Waals surface area contributed by atoms with Crippen LogP contribution >= 0.6 is 0 Å². The Morgan fingerprint density at radius 1 is 1.48 bits per heavy atom. The molecule has 1 aliphatic rings. The summed E-state index contributed by atoms with van der Waals surface area (Å²) >= 11 is 0. The number of ether oxygens (including phenoxy) is 1. The van der Waals surface area contributed by atoms with Crippen LogP contribution in [0.3, 0.4) is 0 Å². The molecule has 0 bridgehead atoms. The maximum atomic E-state index is 12.1. The van der Waals surface area contributed by atoms with Gasteiger partial charge in [0.1, 0.15) is 0 Å². The molecule has 1 fully saturated rings. The van der Waals surface area contributed by atoms with E-state index in [9.17, 15) is 4.79 Å². The number of amides is 1. The number of hydrogen-bond donors (Lipinski definition) is 2. The Bertz CT molecular complexity index is 459. The average Bonchev–Trinajstić information content (AvgIpc) is 2.99. The van der Waals surface area contributed by atoms with Gasteiger partial charge in [0, 0.05) is 24.3 Å². The number of pyridine rings is 1. The maximum absolute atomic E-state index is 12.1. The molecule has 5 heteroatoms. The first-order chi connectivity index (χ1) is 10.2. The molecule has 5 nitrogen and oxygen atoms in total. The molecule has 2 rings (SSSR count). The van der Waals surface area contributed by atoms with Gasteiger partial charge in [-0.1, -0.05) is 18.9 Å². The van der Waals surface area contributed by atoms with Gasteiger partial charge in [0.25, 0.3) is 0 Å². The van der Waals surface area contributed by atoms with Crippen molar-refractivity contribution in [2.75, 3.05) is 6.61 Å². The number of nitrogens with zero attached hydrogens (tertiary/aromatic N) is 1. The molecule has 0 aromatic carbocycles. The minimum Gasteiger partial charge on any atom is -0.478 e. The van der Waals surface area contributed by atoms with Gasteiger partial charge >= 0.3 is 0 Å². The maximum Gasteiger partial charge on any atom is 0.237 e. The van der Waals surface area contributed by atoms with Crippen molar-refractivity contribution in [2.45, 2.75) is 58.2 Å². The van der Waals surface area contributed by atoms with Gasteiger partial charge in [0.2, 0.25) is 11.8 Å². The molecule has 0 spiro atoms. The SMILES string of the molecule is CCOc1ncccc1CN[C@H](C)C(=O)NC1CCCC1. The van der Waals surface area contributed by atoms with Crippen LogP contribution in [-0.4, -0.2) is 29.6 Å². The van der Waals surface area contributed by atoms with Gasteiger partial charge in [0.05, 0.1) is 12.6 Å². The van der Waals surface area contributed by atoms with Crippen LogP contribution in [0.4, 0.5) is 0 Å². The number of hydrogen-bond acceptors (Lipinski definition) is 4. The summed E-state index contributed by atoms with van der Waals surface area (Å²) in [5.41, 5.74) is 0.972. The lowest BCUT2D eigenvalue weighted by molar-refractivity contribution is -0.123. The van der Waals surface area contributed by atoms with Crippen molar-refractivity contribution in [1.82, 2.24) is 15.6 Å². The summed E-state index contributed by atoms with van der Waals surface area (Å²) in [6, 6.07) is 3.98. The predicted molar refractivity (Wildman–Crippen MR) is 82.1 cm³/mol. The van der Waals surface area contributed by atoms with Crippen LogP contribution < -0.4 is 15.4 Å². The van der Waals surface area contributed by atoms with E-state index < -0.39 is 0 Å². The monoisotopic (exact) mass is 291 g/mol. The molecule has 2 N–H and O–H groups in total. The first kappa shape index (κ1) is 15.8. The zero-order valence-corrected chi connectivity index (χ0v) is 12.9. The summed E-state index contributed by atoms with van der Waals surface area (Å²) in [5, 5.41) is 6.35. The fourth-order valence-corrected chi connectivity index (χ4v) is 2.58. The van der Waals surface area contributed by atoms with E-state index in [0.717, 1.165) is 18.4 Å². The summed E-state index contributed by atoms with van der Waals surface area (Å²) in [5.74, 6) is 0.708. The average molecular weight is 291 g/mol. The molecular formula is C16H25N3O2. The summed E-state index contributed by atoms with van der Waals surface area (Å²) < 4.78 is 5.49. The Balaban J connectivity index is 1.82. The van der Waals surface area contributed by atoms with E-state index in [0.29, 0.717) is 25.1 Å². The van der Waals surface area contributed by atoms with Gasteiger partial charge in [-0.25, -0.2) is 4.98 Å². The van der Waals surface area contributed by atoms with E-state index in [4.69, 9.17) is 4.74 Å². The Morgan fingerprint density at radius 3 is 2.95 bits per heavy atom. The standard InChI is InChI=1S/C16H25N3O2/c1-3-21-16-13(7-6-10-17-16)11-18-12(2)15(20)19-14-8-4-5-9-14/h6-7,10,12,14,18H,3-5,8-9,11H2,1-2H3,(H,19,20)/t12-/m1/s1. The number of nitrogens with one attached hydrogen (secondary N) is 2. The van der Waals surface area contributed by atoms with Crippen molar-refractivity contribution in [3.63, 3.8) is 0 Å².